The number of nitrogens with one attached hydrogen (secondary N) is 1. The summed E-state index contributed by atoms with van der Waals surface area (Å²) in [7, 11) is 2.06. The van der Waals surface area contributed by atoms with Crippen LogP contribution in [0, 0.1) is 11.3 Å². The van der Waals surface area contributed by atoms with Gasteiger partial charge in [-0.1, -0.05) is 97.1 Å². The van der Waals surface area contributed by atoms with Crippen LogP contribution in [0.4, 0.5) is 5.69 Å². The van der Waals surface area contributed by atoms with Gasteiger partial charge in [0, 0.05) is 37.7 Å². The largest absolute Gasteiger partial charge is 0.384 e. The van der Waals surface area contributed by atoms with Crippen LogP contribution in [0.15, 0.2) is 115 Å². The van der Waals surface area contributed by atoms with E-state index < -0.39 is 0 Å². The van der Waals surface area contributed by atoms with Crippen molar-refractivity contribution in [1.82, 2.24) is 14.5 Å². The number of benzene rings is 5. The number of piperidine rings is 1. The Hall–Kier alpha value is -4.69. The van der Waals surface area contributed by atoms with Crippen molar-refractivity contribution in [3.05, 3.63) is 143 Å². The summed E-state index contributed by atoms with van der Waals surface area (Å²) < 4.78 is 2.16. The number of carbonyl (C=O) groups excluding carboxylic acids is 1. The summed E-state index contributed by atoms with van der Waals surface area (Å²) in [5, 5.41) is 10.0. The molecular formula is C43H48Cl2N6O. The van der Waals surface area contributed by atoms with Crippen LogP contribution in [0.25, 0.3) is 21.8 Å². The number of imidazole rings is 1. The number of aryl methyl sites for hydroxylation is 3. The van der Waals surface area contributed by atoms with Crippen LogP contribution in [0.1, 0.15) is 53.8 Å². The number of carbonyl (C=O) groups is 1. The fourth-order valence-corrected chi connectivity index (χ4v) is 7.40. The summed E-state index contributed by atoms with van der Waals surface area (Å²) in [5.74, 6) is 1.80. The van der Waals surface area contributed by atoms with Crippen molar-refractivity contribution < 1.29 is 4.79 Å². The molecule has 0 aliphatic carbocycles. The minimum atomic E-state index is 0. The molecule has 0 spiro atoms. The Morgan fingerprint density at radius 2 is 1.56 bits per heavy atom. The average molecular weight is 736 g/mol. The number of amides is 1. The highest BCUT2D eigenvalue weighted by atomic mass is 35.5. The van der Waals surface area contributed by atoms with E-state index in [1.54, 1.807) is 0 Å². The van der Waals surface area contributed by atoms with Crippen LogP contribution >= 0.6 is 24.8 Å². The lowest BCUT2D eigenvalue weighted by molar-refractivity contribution is -0.119. The molecule has 3 N–H and O–H groups in total. The summed E-state index contributed by atoms with van der Waals surface area (Å²) in [5.41, 5.74) is 12.9. The first-order valence-electron chi connectivity index (χ1n) is 17.8. The lowest BCUT2D eigenvalue weighted by Crippen LogP contribution is -2.34. The fourth-order valence-electron chi connectivity index (χ4n) is 7.40. The van der Waals surface area contributed by atoms with Crippen molar-refractivity contribution in [2.45, 2.75) is 51.6 Å². The maximum Gasteiger partial charge on any atom is 0.227 e. The Kier molecular flexibility index (Phi) is 13.1. The van der Waals surface area contributed by atoms with E-state index in [2.05, 4.69) is 108 Å². The standard InChI is InChI=1S/C43H46N6O.2ClH/c1-47-40-21-20-37(28-39(40)46-41(47)22-16-31-14-18-35(19-15-31)43(44)45)49(30-36-12-7-11-34-10-5-6-13-38(34)36)42(50)23-17-32-24-26-48(27-25-32)29-33-8-3-2-4-9-33;;/h2-15,18-21,28,32H,16-17,22-27,29-30H2,1H3,(H3,44,45);2*1H. The molecule has 7 rings (SSSR count). The summed E-state index contributed by atoms with van der Waals surface area (Å²) in [6.07, 6.45) is 5.32. The molecule has 7 nitrogen and oxygen atoms in total. The second-order valence-electron chi connectivity index (χ2n) is 13.7. The van der Waals surface area contributed by atoms with Gasteiger partial charge in [-0.15, -0.1) is 24.8 Å². The minimum absolute atomic E-state index is 0. The molecule has 0 bridgehead atoms. The molecule has 0 unspecified atom stereocenters. The summed E-state index contributed by atoms with van der Waals surface area (Å²) in [6, 6.07) is 39.6. The predicted octanol–water partition coefficient (Wildman–Crippen LogP) is 8.86. The Morgan fingerprint density at radius 1 is 0.846 bits per heavy atom. The lowest BCUT2D eigenvalue weighted by atomic mass is 9.91. The van der Waals surface area contributed by atoms with Crippen molar-refractivity contribution in [3.8, 4) is 0 Å². The number of hydrogen-bond donors (Lipinski definition) is 2. The summed E-state index contributed by atoms with van der Waals surface area (Å²) in [6.45, 7) is 3.67. The molecule has 1 fully saturated rings. The van der Waals surface area contributed by atoms with E-state index in [4.69, 9.17) is 16.1 Å². The number of likely N-dealkylation sites (tertiary alicyclic amines) is 1. The Bertz CT molecular complexity index is 2100. The molecule has 9 heteroatoms. The van der Waals surface area contributed by atoms with Gasteiger partial charge in [0.05, 0.1) is 17.6 Å². The summed E-state index contributed by atoms with van der Waals surface area (Å²) >= 11 is 0. The number of amidine groups is 1. The average Bonchev–Trinajstić information content (AvgIpc) is 3.47. The minimum Gasteiger partial charge on any atom is -0.384 e. The first-order chi connectivity index (χ1) is 24.4. The van der Waals surface area contributed by atoms with E-state index in [9.17, 15) is 4.79 Å². The SMILES string of the molecule is Cl.Cl.Cn1c(CCc2ccc(C(=N)N)cc2)nc2cc(N(Cc3cccc4ccccc34)C(=O)CCC3CCN(Cc4ccccc4)CC3)ccc21. The van der Waals surface area contributed by atoms with E-state index in [0.717, 1.165) is 85.4 Å². The first-order valence-corrected chi connectivity index (χ1v) is 17.8. The molecule has 1 aliphatic heterocycles. The molecular weight excluding hydrogens is 687 g/mol. The van der Waals surface area contributed by atoms with Crippen LogP contribution in [-0.2, 0) is 37.8 Å². The maximum atomic E-state index is 14.2. The maximum absolute atomic E-state index is 14.2. The van der Waals surface area contributed by atoms with Crippen LogP contribution in [0.5, 0.6) is 0 Å². The van der Waals surface area contributed by atoms with Crippen molar-refractivity contribution in [3.63, 3.8) is 0 Å². The topological polar surface area (TPSA) is 91.2 Å². The zero-order valence-corrected chi connectivity index (χ0v) is 31.3. The van der Waals surface area contributed by atoms with Crippen LogP contribution in [-0.4, -0.2) is 39.3 Å². The molecule has 0 radical (unpaired) electrons. The second kappa shape index (κ2) is 17.7. The fraction of sp³-hybridized carbons (Fsp3) is 0.279. The van der Waals surface area contributed by atoms with Crippen molar-refractivity contribution >= 4 is 64.1 Å². The quantitative estimate of drug-likeness (QED) is 0.0971. The van der Waals surface area contributed by atoms with Crippen LogP contribution in [0.3, 0.4) is 0 Å². The van der Waals surface area contributed by atoms with Crippen molar-refractivity contribution in [2.24, 2.45) is 18.7 Å². The number of aromatic nitrogens is 2. The summed E-state index contributed by atoms with van der Waals surface area (Å²) in [4.78, 5) is 23.8. The highest BCUT2D eigenvalue weighted by Crippen LogP contribution is 2.29. The number of nitrogen functional groups attached to an aromatic ring is 1. The van der Waals surface area contributed by atoms with Gasteiger partial charge in [-0.05, 0) is 90.4 Å². The molecule has 0 atom stereocenters. The number of halogens is 2. The van der Waals surface area contributed by atoms with Gasteiger partial charge < -0.3 is 15.2 Å². The van der Waals surface area contributed by atoms with E-state index >= 15 is 0 Å². The Balaban J connectivity index is 0.00000261. The number of hydrogen-bond acceptors (Lipinski definition) is 4. The van der Waals surface area contributed by atoms with E-state index in [1.165, 1.54) is 21.9 Å². The third-order valence-electron chi connectivity index (χ3n) is 10.4. The van der Waals surface area contributed by atoms with Gasteiger partial charge >= 0.3 is 0 Å². The molecule has 0 saturated carbocycles. The van der Waals surface area contributed by atoms with Gasteiger partial charge in [-0.25, -0.2) is 4.98 Å². The molecule has 1 aromatic heterocycles. The van der Waals surface area contributed by atoms with E-state index in [-0.39, 0.29) is 36.6 Å². The molecule has 2 heterocycles. The number of fused-ring (bicyclic) bond motifs is 2. The normalized spacial score (nSPS) is 13.4. The smallest absolute Gasteiger partial charge is 0.227 e. The van der Waals surface area contributed by atoms with Crippen LogP contribution in [0.2, 0.25) is 0 Å². The van der Waals surface area contributed by atoms with Gasteiger partial charge in [-0.2, -0.15) is 0 Å². The molecule has 5 aromatic carbocycles. The van der Waals surface area contributed by atoms with Crippen molar-refractivity contribution in [2.75, 3.05) is 18.0 Å². The zero-order valence-electron chi connectivity index (χ0n) is 29.7. The van der Waals surface area contributed by atoms with E-state index in [1.807, 2.05) is 29.2 Å². The Labute approximate surface area is 319 Å². The zero-order chi connectivity index (χ0) is 34.5. The second-order valence-corrected chi connectivity index (χ2v) is 13.7. The van der Waals surface area contributed by atoms with E-state index in [0.29, 0.717) is 18.9 Å². The lowest BCUT2D eigenvalue weighted by Gasteiger charge is -2.32. The monoisotopic (exact) mass is 734 g/mol. The van der Waals surface area contributed by atoms with Crippen LogP contribution < -0.4 is 10.6 Å². The Morgan fingerprint density at radius 3 is 2.31 bits per heavy atom. The van der Waals surface area contributed by atoms with Gasteiger partial charge in [0.15, 0.2) is 0 Å². The number of nitrogens with two attached hydrogens (primary N) is 1. The third kappa shape index (κ3) is 9.02. The van der Waals surface area contributed by atoms with Gasteiger partial charge in [0.25, 0.3) is 0 Å². The molecule has 1 aliphatic rings. The highest BCUT2D eigenvalue weighted by molar-refractivity contribution is 5.97. The van der Waals surface area contributed by atoms with Gasteiger partial charge in [-0.3, -0.25) is 15.1 Å². The molecule has 1 saturated heterocycles. The number of nitrogens with zero attached hydrogens (tertiary/aromatic N) is 4. The van der Waals surface area contributed by atoms with Gasteiger partial charge in [0.1, 0.15) is 11.7 Å². The van der Waals surface area contributed by atoms with Crippen molar-refractivity contribution in [1.29, 1.82) is 5.41 Å². The highest BCUT2D eigenvalue weighted by Gasteiger charge is 2.24. The molecule has 6 aromatic rings. The third-order valence-corrected chi connectivity index (χ3v) is 10.4. The predicted molar refractivity (Wildman–Crippen MR) is 219 cm³/mol. The van der Waals surface area contributed by atoms with Gasteiger partial charge in [0.2, 0.25) is 5.91 Å². The molecule has 270 valence electrons. The first kappa shape index (κ1) is 38.5. The molecule has 1 amide bonds. The number of rotatable bonds is 12. The number of anilines is 1. The molecule has 52 heavy (non-hydrogen) atoms.